The summed E-state index contributed by atoms with van der Waals surface area (Å²) < 4.78 is 18.4. The number of hydrogen-bond donors (Lipinski definition) is 2. The standard InChI is InChI=1S/C6H12O4S/c1-5(6(7)8)3-2-4-11(9)10/h5H,2-4H2,1H3,(H,7,8)(H,9,10). The van der Waals surface area contributed by atoms with Crippen molar-refractivity contribution in [3.05, 3.63) is 0 Å². The average Bonchev–Trinajstić information content (AvgIpc) is 1.86. The SMILES string of the molecule is CC(CCCS(=O)O)C(=O)O. The molecule has 0 amide bonds. The second-order valence-electron chi connectivity index (χ2n) is 2.41. The normalized spacial score (nSPS) is 15.8. The first-order valence-electron chi connectivity index (χ1n) is 3.34. The fourth-order valence-corrected chi connectivity index (χ4v) is 1.05. The van der Waals surface area contributed by atoms with Crippen LogP contribution in [-0.2, 0) is 15.9 Å². The van der Waals surface area contributed by atoms with Crippen molar-refractivity contribution in [2.45, 2.75) is 19.8 Å². The average molecular weight is 180 g/mol. The van der Waals surface area contributed by atoms with Crippen molar-refractivity contribution in [2.24, 2.45) is 5.92 Å². The smallest absolute Gasteiger partial charge is 0.306 e. The van der Waals surface area contributed by atoms with E-state index < -0.39 is 23.0 Å². The summed E-state index contributed by atoms with van der Waals surface area (Å²) in [6.07, 6.45) is 0.943. The summed E-state index contributed by atoms with van der Waals surface area (Å²) in [5, 5.41) is 8.41. The lowest BCUT2D eigenvalue weighted by atomic mass is 10.1. The lowest BCUT2D eigenvalue weighted by molar-refractivity contribution is -0.141. The Hall–Kier alpha value is -0.420. The van der Waals surface area contributed by atoms with Gasteiger partial charge >= 0.3 is 5.97 Å². The largest absolute Gasteiger partial charge is 0.481 e. The molecule has 11 heavy (non-hydrogen) atoms. The highest BCUT2D eigenvalue weighted by molar-refractivity contribution is 7.79. The molecule has 5 heteroatoms. The predicted molar refractivity (Wildman–Crippen MR) is 41.7 cm³/mol. The highest BCUT2D eigenvalue weighted by atomic mass is 32.2. The molecule has 0 aromatic rings. The fourth-order valence-electron chi connectivity index (χ4n) is 0.636. The Morgan fingerprint density at radius 3 is 2.55 bits per heavy atom. The molecule has 0 aromatic heterocycles. The second kappa shape index (κ2) is 5.26. The monoisotopic (exact) mass is 180 g/mol. The molecule has 0 fully saturated rings. The topological polar surface area (TPSA) is 74.6 Å². The molecular formula is C6H12O4S. The van der Waals surface area contributed by atoms with Gasteiger partial charge in [-0.05, 0) is 12.8 Å². The van der Waals surface area contributed by atoms with E-state index in [0.29, 0.717) is 12.8 Å². The zero-order valence-corrected chi connectivity index (χ0v) is 7.13. The molecule has 2 unspecified atom stereocenters. The van der Waals surface area contributed by atoms with E-state index in [0.717, 1.165) is 0 Å². The molecule has 0 aliphatic heterocycles. The summed E-state index contributed by atoms with van der Waals surface area (Å²) in [6.45, 7) is 1.59. The van der Waals surface area contributed by atoms with Crippen LogP contribution in [0, 0.1) is 5.92 Å². The van der Waals surface area contributed by atoms with Crippen LogP contribution in [0.4, 0.5) is 0 Å². The number of aliphatic carboxylic acids is 1. The molecule has 0 radical (unpaired) electrons. The van der Waals surface area contributed by atoms with E-state index >= 15 is 0 Å². The van der Waals surface area contributed by atoms with E-state index in [2.05, 4.69) is 0 Å². The molecule has 0 aromatic carbocycles. The summed E-state index contributed by atoms with van der Waals surface area (Å²) in [6, 6.07) is 0. The molecule has 0 saturated carbocycles. The maximum Gasteiger partial charge on any atom is 0.306 e. The van der Waals surface area contributed by atoms with E-state index in [4.69, 9.17) is 9.66 Å². The van der Waals surface area contributed by atoms with Crippen LogP contribution in [0.25, 0.3) is 0 Å². The summed E-state index contributed by atoms with van der Waals surface area (Å²) in [7, 11) is 0. The van der Waals surface area contributed by atoms with Gasteiger partial charge in [0.05, 0.1) is 5.92 Å². The van der Waals surface area contributed by atoms with E-state index in [9.17, 15) is 9.00 Å². The summed E-state index contributed by atoms with van der Waals surface area (Å²) in [5.74, 6) is -1.11. The predicted octanol–water partition coefficient (Wildman–Crippen LogP) is 0.709. The Bertz CT molecular complexity index is 157. The summed E-state index contributed by atoms with van der Waals surface area (Å²) in [5.41, 5.74) is 0. The molecule has 0 aliphatic carbocycles. The van der Waals surface area contributed by atoms with Crippen LogP contribution in [0.3, 0.4) is 0 Å². The Kier molecular flexibility index (Phi) is 5.06. The first-order chi connectivity index (χ1) is 5.04. The lowest BCUT2D eigenvalue weighted by Gasteiger charge is -2.02. The van der Waals surface area contributed by atoms with Crippen LogP contribution >= 0.6 is 0 Å². The van der Waals surface area contributed by atoms with Gasteiger partial charge in [-0.3, -0.25) is 4.79 Å². The fraction of sp³-hybridized carbons (Fsp3) is 0.833. The van der Waals surface area contributed by atoms with Crippen LogP contribution in [0.2, 0.25) is 0 Å². The lowest BCUT2D eigenvalue weighted by Crippen LogP contribution is -2.10. The van der Waals surface area contributed by atoms with Gasteiger partial charge in [-0.15, -0.1) is 0 Å². The molecule has 0 rings (SSSR count). The van der Waals surface area contributed by atoms with Gasteiger partial charge in [-0.25, -0.2) is 4.21 Å². The van der Waals surface area contributed by atoms with Crippen molar-refractivity contribution >= 4 is 17.0 Å². The number of carbonyl (C=O) groups is 1. The third-order valence-corrected chi connectivity index (χ3v) is 2.02. The highest BCUT2D eigenvalue weighted by Crippen LogP contribution is 2.05. The molecule has 4 nitrogen and oxygen atoms in total. The van der Waals surface area contributed by atoms with Gasteiger partial charge in [0.25, 0.3) is 0 Å². The van der Waals surface area contributed by atoms with Crippen molar-refractivity contribution in [1.82, 2.24) is 0 Å². The maximum absolute atomic E-state index is 10.2. The Balaban J connectivity index is 3.39. The Morgan fingerprint density at radius 1 is 1.64 bits per heavy atom. The molecule has 0 bridgehead atoms. The number of rotatable bonds is 5. The van der Waals surface area contributed by atoms with Gasteiger partial charge in [0.2, 0.25) is 0 Å². The van der Waals surface area contributed by atoms with Crippen molar-refractivity contribution in [1.29, 1.82) is 0 Å². The van der Waals surface area contributed by atoms with Gasteiger partial charge in [0.1, 0.15) is 0 Å². The Morgan fingerprint density at radius 2 is 2.18 bits per heavy atom. The third-order valence-electron chi connectivity index (χ3n) is 1.38. The number of carboxylic acid groups (broad SMARTS) is 1. The highest BCUT2D eigenvalue weighted by Gasteiger charge is 2.09. The van der Waals surface area contributed by atoms with Crippen molar-refractivity contribution < 1.29 is 18.7 Å². The van der Waals surface area contributed by atoms with E-state index in [1.807, 2.05) is 0 Å². The maximum atomic E-state index is 10.2. The number of hydrogen-bond acceptors (Lipinski definition) is 2. The van der Waals surface area contributed by atoms with Crippen LogP contribution < -0.4 is 0 Å². The molecular weight excluding hydrogens is 168 g/mol. The zero-order valence-electron chi connectivity index (χ0n) is 6.32. The minimum atomic E-state index is -1.79. The van der Waals surface area contributed by atoms with Crippen LogP contribution in [-0.4, -0.2) is 25.6 Å². The molecule has 66 valence electrons. The molecule has 0 saturated heterocycles. The summed E-state index contributed by atoms with van der Waals surface area (Å²) in [4.78, 5) is 10.2. The molecule has 0 aliphatic rings. The van der Waals surface area contributed by atoms with Gasteiger partial charge in [0, 0.05) is 5.75 Å². The zero-order chi connectivity index (χ0) is 8.85. The van der Waals surface area contributed by atoms with Crippen LogP contribution in [0.5, 0.6) is 0 Å². The van der Waals surface area contributed by atoms with Crippen molar-refractivity contribution in [3.63, 3.8) is 0 Å². The summed E-state index contributed by atoms with van der Waals surface area (Å²) >= 11 is -1.79. The van der Waals surface area contributed by atoms with E-state index in [1.54, 1.807) is 6.92 Å². The minimum absolute atomic E-state index is 0.164. The molecule has 2 atom stereocenters. The third kappa shape index (κ3) is 6.00. The quantitative estimate of drug-likeness (QED) is 0.611. The minimum Gasteiger partial charge on any atom is -0.481 e. The van der Waals surface area contributed by atoms with Crippen LogP contribution in [0.15, 0.2) is 0 Å². The molecule has 2 N–H and O–H groups in total. The second-order valence-corrected chi connectivity index (χ2v) is 3.46. The van der Waals surface area contributed by atoms with Crippen molar-refractivity contribution in [2.75, 3.05) is 5.75 Å². The molecule has 0 spiro atoms. The van der Waals surface area contributed by atoms with Gasteiger partial charge in [-0.1, -0.05) is 6.92 Å². The van der Waals surface area contributed by atoms with Gasteiger partial charge in [-0.2, -0.15) is 0 Å². The van der Waals surface area contributed by atoms with Crippen LogP contribution in [0.1, 0.15) is 19.8 Å². The molecule has 0 heterocycles. The van der Waals surface area contributed by atoms with E-state index in [-0.39, 0.29) is 5.75 Å². The Labute approximate surface area is 67.9 Å². The van der Waals surface area contributed by atoms with Crippen molar-refractivity contribution in [3.8, 4) is 0 Å². The number of carboxylic acids is 1. The first kappa shape index (κ1) is 10.6. The van der Waals surface area contributed by atoms with Gasteiger partial charge in [0.15, 0.2) is 11.1 Å². The van der Waals surface area contributed by atoms with E-state index in [1.165, 1.54) is 0 Å². The van der Waals surface area contributed by atoms with Gasteiger partial charge < -0.3 is 9.66 Å². The first-order valence-corrected chi connectivity index (χ1v) is 4.62.